The van der Waals surface area contributed by atoms with Crippen LogP contribution in [0.25, 0.3) is 0 Å². The Labute approximate surface area is 129 Å². The molecule has 1 nitrogen and oxygen atoms in total. The summed E-state index contributed by atoms with van der Waals surface area (Å²) in [5, 5.41) is 9.84. The van der Waals surface area contributed by atoms with Gasteiger partial charge in [-0.05, 0) is 12.8 Å². The van der Waals surface area contributed by atoms with Gasteiger partial charge in [-0.1, -0.05) is 99.4 Å². The van der Waals surface area contributed by atoms with Crippen LogP contribution in [0.3, 0.4) is 0 Å². The van der Waals surface area contributed by atoms with Gasteiger partial charge < -0.3 is 5.11 Å². The van der Waals surface area contributed by atoms with Gasteiger partial charge in [-0.2, -0.15) is 0 Å². The van der Waals surface area contributed by atoms with Crippen LogP contribution in [0.4, 0.5) is 0 Å². The van der Waals surface area contributed by atoms with Crippen LogP contribution in [-0.2, 0) is 0 Å². The summed E-state index contributed by atoms with van der Waals surface area (Å²) < 4.78 is 0. The van der Waals surface area contributed by atoms with Crippen molar-refractivity contribution in [2.75, 3.05) is 11.9 Å². The van der Waals surface area contributed by atoms with Gasteiger partial charge in [-0.3, -0.25) is 0 Å². The van der Waals surface area contributed by atoms with Gasteiger partial charge in [-0.15, -0.1) is 0 Å². The SMILES string of the molecule is OCCCCCCCCCCCCCCCCCBr. The molecule has 0 aromatic heterocycles. The lowest BCUT2D eigenvalue weighted by Gasteiger charge is -2.03. The molecule has 0 unspecified atom stereocenters. The van der Waals surface area contributed by atoms with Crippen LogP contribution in [0.1, 0.15) is 96.3 Å². The van der Waals surface area contributed by atoms with Crippen molar-refractivity contribution in [1.82, 2.24) is 0 Å². The summed E-state index contributed by atoms with van der Waals surface area (Å²) in [5.41, 5.74) is 0. The van der Waals surface area contributed by atoms with Crippen LogP contribution >= 0.6 is 15.9 Å². The van der Waals surface area contributed by atoms with E-state index >= 15 is 0 Å². The van der Waals surface area contributed by atoms with Crippen molar-refractivity contribution in [3.63, 3.8) is 0 Å². The second-order valence-corrected chi connectivity index (χ2v) is 6.51. The maximum absolute atomic E-state index is 8.67. The van der Waals surface area contributed by atoms with E-state index in [1.54, 1.807) is 0 Å². The lowest BCUT2D eigenvalue weighted by Crippen LogP contribution is -1.85. The van der Waals surface area contributed by atoms with E-state index in [9.17, 15) is 0 Å². The second-order valence-electron chi connectivity index (χ2n) is 5.72. The Morgan fingerprint density at radius 2 is 0.684 bits per heavy atom. The molecule has 116 valence electrons. The molecule has 0 aromatic rings. The third kappa shape index (κ3) is 18.4. The summed E-state index contributed by atoms with van der Waals surface area (Å²) in [5.74, 6) is 0. The van der Waals surface area contributed by atoms with Gasteiger partial charge in [0, 0.05) is 11.9 Å². The van der Waals surface area contributed by atoms with Crippen LogP contribution in [0.5, 0.6) is 0 Å². The number of hydrogen-bond acceptors (Lipinski definition) is 1. The zero-order valence-electron chi connectivity index (χ0n) is 12.8. The number of alkyl halides is 1. The van der Waals surface area contributed by atoms with Crippen LogP contribution < -0.4 is 0 Å². The van der Waals surface area contributed by atoms with Crippen molar-refractivity contribution in [2.24, 2.45) is 0 Å². The van der Waals surface area contributed by atoms with Crippen molar-refractivity contribution in [2.45, 2.75) is 96.3 Å². The van der Waals surface area contributed by atoms with Crippen LogP contribution in [0, 0.1) is 0 Å². The summed E-state index contributed by atoms with van der Waals surface area (Å²) in [6, 6.07) is 0. The van der Waals surface area contributed by atoms with Gasteiger partial charge in [-0.25, -0.2) is 0 Å². The first-order valence-electron chi connectivity index (χ1n) is 8.58. The van der Waals surface area contributed by atoms with Crippen molar-refractivity contribution in [3.8, 4) is 0 Å². The third-order valence-corrected chi connectivity index (χ3v) is 4.35. The van der Waals surface area contributed by atoms with E-state index in [1.165, 1.54) is 95.2 Å². The number of unbranched alkanes of at least 4 members (excludes halogenated alkanes) is 14. The Morgan fingerprint density at radius 3 is 0.947 bits per heavy atom. The fourth-order valence-corrected chi connectivity index (χ4v) is 2.90. The molecule has 0 aliphatic heterocycles. The molecular weight excluding hydrogens is 300 g/mol. The average molecular weight is 335 g/mol. The van der Waals surface area contributed by atoms with Gasteiger partial charge >= 0.3 is 0 Å². The summed E-state index contributed by atoms with van der Waals surface area (Å²) in [6.45, 7) is 0.371. The predicted octanol–water partition coefficient (Wildman–Crippen LogP) is 6.23. The second kappa shape index (κ2) is 18.4. The fraction of sp³-hybridized carbons (Fsp3) is 1.00. The number of rotatable bonds is 16. The molecule has 0 spiro atoms. The largest absolute Gasteiger partial charge is 0.396 e. The highest BCUT2D eigenvalue weighted by Crippen LogP contribution is 2.13. The van der Waals surface area contributed by atoms with E-state index in [0.717, 1.165) is 6.42 Å². The van der Waals surface area contributed by atoms with Gasteiger partial charge in [0.05, 0.1) is 0 Å². The first-order valence-corrected chi connectivity index (χ1v) is 9.70. The molecule has 0 saturated carbocycles. The topological polar surface area (TPSA) is 20.2 Å². The van der Waals surface area contributed by atoms with Gasteiger partial charge in [0.2, 0.25) is 0 Å². The molecule has 0 atom stereocenters. The molecule has 0 aromatic carbocycles. The molecule has 0 fully saturated rings. The quantitative estimate of drug-likeness (QED) is 0.262. The molecule has 0 amide bonds. The van der Waals surface area contributed by atoms with Gasteiger partial charge in [0.15, 0.2) is 0 Å². The maximum atomic E-state index is 8.67. The van der Waals surface area contributed by atoms with E-state index in [4.69, 9.17) is 5.11 Å². The minimum absolute atomic E-state index is 0.371. The summed E-state index contributed by atoms with van der Waals surface area (Å²) >= 11 is 3.48. The first-order chi connectivity index (χ1) is 9.41. The highest BCUT2D eigenvalue weighted by molar-refractivity contribution is 9.09. The van der Waals surface area contributed by atoms with Crippen molar-refractivity contribution >= 4 is 15.9 Å². The molecule has 0 bridgehead atoms. The molecule has 0 rings (SSSR count). The molecule has 2 heteroatoms. The smallest absolute Gasteiger partial charge is 0.0431 e. The Kier molecular flexibility index (Phi) is 18.9. The molecule has 0 aliphatic carbocycles. The first kappa shape index (κ1) is 19.4. The predicted molar refractivity (Wildman–Crippen MR) is 90.1 cm³/mol. The minimum atomic E-state index is 0.371. The van der Waals surface area contributed by atoms with Crippen LogP contribution in [0.2, 0.25) is 0 Å². The molecule has 1 N–H and O–H groups in total. The molecule has 0 radical (unpaired) electrons. The summed E-state index contributed by atoms with van der Waals surface area (Å²) in [4.78, 5) is 0. The molecule has 0 heterocycles. The number of aliphatic hydroxyl groups is 1. The normalized spacial score (nSPS) is 11.1. The molecular formula is C17H35BrO. The van der Waals surface area contributed by atoms with Crippen molar-refractivity contribution < 1.29 is 5.11 Å². The fourth-order valence-electron chi connectivity index (χ4n) is 2.50. The number of hydrogen-bond donors (Lipinski definition) is 1. The molecule has 19 heavy (non-hydrogen) atoms. The van der Waals surface area contributed by atoms with E-state index in [-0.39, 0.29) is 0 Å². The van der Waals surface area contributed by atoms with E-state index in [1.807, 2.05) is 0 Å². The van der Waals surface area contributed by atoms with E-state index in [2.05, 4.69) is 15.9 Å². The highest BCUT2D eigenvalue weighted by Gasteiger charge is 1.94. The molecule has 0 aliphatic rings. The lowest BCUT2D eigenvalue weighted by atomic mass is 10.0. The van der Waals surface area contributed by atoms with Crippen molar-refractivity contribution in [1.29, 1.82) is 0 Å². The van der Waals surface area contributed by atoms with E-state index < -0.39 is 0 Å². The molecule has 0 saturated heterocycles. The maximum Gasteiger partial charge on any atom is 0.0431 e. The summed E-state index contributed by atoms with van der Waals surface area (Å²) in [6.07, 6.45) is 20.6. The monoisotopic (exact) mass is 334 g/mol. The Hall–Kier alpha value is 0.440. The highest BCUT2D eigenvalue weighted by atomic mass is 79.9. The minimum Gasteiger partial charge on any atom is -0.396 e. The van der Waals surface area contributed by atoms with E-state index in [0.29, 0.717) is 6.61 Å². The Morgan fingerprint density at radius 1 is 0.421 bits per heavy atom. The zero-order valence-corrected chi connectivity index (χ0v) is 14.4. The Bertz CT molecular complexity index is 134. The summed E-state index contributed by atoms with van der Waals surface area (Å²) in [7, 11) is 0. The zero-order chi connectivity index (χ0) is 14.0. The lowest BCUT2D eigenvalue weighted by molar-refractivity contribution is 0.282. The Balaban J connectivity index is 2.88. The van der Waals surface area contributed by atoms with Crippen molar-refractivity contribution in [3.05, 3.63) is 0 Å². The van der Waals surface area contributed by atoms with Crippen LogP contribution in [-0.4, -0.2) is 17.0 Å². The van der Waals surface area contributed by atoms with Gasteiger partial charge in [0.25, 0.3) is 0 Å². The van der Waals surface area contributed by atoms with Gasteiger partial charge in [0.1, 0.15) is 0 Å². The number of halogens is 1. The van der Waals surface area contributed by atoms with Crippen LogP contribution in [0.15, 0.2) is 0 Å². The average Bonchev–Trinajstić information content (AvgIpc) is 2.43. The third-order valence-electron chi connectivity index (χ3n) is 3.79. The number of aliphatic hydroxyl groups excluding tert-OH is 1. The standard InChI is InChI=1S/C17H35BrO/c18-16-14-12-10-8-6-4-2-1-3-5-7-9-11-13-15-17-19/h19H,1-17H2.